The Bertz CT molecular complexity index is 718. The molecule has 9 heteroatoms. The Morgan fingerprint density at radius 2 is 1.69 bits per heavy atom. The Balaban J connectivity index is 1.91. The fourth-order valence-electron chi connectivity index (χ4n) is 2.10. The molecule has 0 spiro atoms. The maximum absolute atomic E-state index is 13.2. The predicted octanol–water partition coefficient (Wildman–Crippen LogP) is 4.55. The van der Waals surface area contributed by atoms with Gasteiger partial charge in [0.2, 0.25) is 0 Å². The first-order valence-corrected chi connectivity index (χ1v) is 7.57. The number of nitrogens with one attached hydrogen (secondary N) is 1. The zero-order valence-corrected chi connectivity index (χ0v) is 13.7. The first kappa shape index (κ1) is 20.0. The molecule has 26 heavy (non-hydrogen) atoms. The van der Waals surface area contributed by atoms with E-state index in [1.54, 1.807) is 6.20 Å². The van der Waals surface area contributed by atoms with Gasteiger partial charge in [-0.15, -0.1) is 0 Å². The molecule has 142 valence electrons. The second-order valence-corrected chi connectivity index (χ2v) is 5.58. The van der Waals surface area contributed by atoms with E-state index in [2.05, 4.69) is 15.0 Å². The Kier molecular flexibility index (Phi) is 6.12. The van der Waals surface area contributed by atoms with Gasteiger partial charge in [0.05, 0.1) is 5.69 Å². The number of aryl methyl sites for hydroxylation is 1. The maximum atomic E-state index is 13.2. The number of alkyl halides is 6. The predicted molar refractivity (Wildman–Crippen MR) is 82.5 cm³/mol. The van der Waals surface area contributed by atoms with E-state index in [-0.39, 0.29) is 0 Å². The van der Waals surface area contributed by atoms with Crippen molar-refractivity contribution in [2.75, 3.05) is 0 Å². The molecule has 1 atom stereocenters. The molecule has 2 aromatic rings. The molecule has 1 unspecified atom stereocenters. The van der Waals surface area contributed by atoms with E-state index in [9.17, 15) is 26.3 Å². The summed E-state index contributed by atoms with van der Waals surface area (Å²) in [4.78, 5) is 4.21. The highest BCUT2D eigenvalue weighted by atomic mass is 19.4. The summed E-state index contributed by atoms with van der Waals surface area (Å²) in [5, 5.41) is 3.10. The number of hydrogen-bond donors (Lipinski definition) is 1. The molecule has 0 amide bonds. The van der Waals surface area contributed by atoms with Gasteiger partial charge in [0.1, 0.15) is 5.75 Å². The largest absolute Gasteiger partial charge is 0.439 e. The number of rotatable bonds is 7. The highest BCUT2D eigenvalue weighted by Crippen LogP contribution is 2.36. The van der Waals surface area contributed by atoms with Crippen LogP contribution in [0.3, 0.4) is 0 Å². The van der Waals surface area contributed by atoms with Crippen LogP contribution in [0.1, 0.15) is 16.8 Å². The molecule has 0 saturated heterocycles. The Labute approximate surface area is 146 Å². The molecule has 2 rings (SSSR count). The maximum Gasteiger partial charge on any atom is 0.439 e. The fourth-order valence-corrected chi connectivity index (χ4v) is 2.10. The quantitative estimate of drug-likeness (QED) is 0.718. The molecular weight excluding hydrogens is 362 g/mol. The van der Waals surface area contributed by atoms with Gasteiger partial charge >= 0.3 is 12.3 Å². The molecule has 1 heterocycles. The van der Waals surface area contributed by atoms with E-state index in [0.717, 1.165) is 23.4 Å². The molecule has 0 fully saturated rings. The summed E-state index contributed by atoms with van der Waals surface area (Å²) in [5.41, 5.74) is 2.55. The first-order chi connectivity index (χ1) is 12.1. The van der Waals surface area contributed by atoms with Crippen LogP contribution in [0, 0.1) is 6.92 Å². The van der Waals surface area contributed by atoms with Crippen LogP contribution in [0.2, 0.25) is 0 Å². The smallest absolute Gasteiger partial charge is 0.430 e. The highest BCUT2D eigenvalue weighted by Gasteiger charge is 2.59. The lowest BCUT2D eigenvalue weighted by Gasteiger charge is -2.23. The van der Waals surface area contributed by atoms with Gasteiger partial charge in [-0.25, -0.2) is 4.39 Å². The Morgan fingerprint density at radius 3 is 2.27 bits per heavy atom. The van der Waals surface area contributed by atoms with Gasteiger partial charge < -0.3 is 10.1 Å². The first-order valence-electron chi connectivity index (χ1n) is 7.57. The van der Waals surface area contributed by atoms with Gasteiger partial charge in [0.15, 0.2) is 0 Å². The van der Waals surface area contributed by atoms with Crippen LogP contribution in [-0.4, -0.2) is 23.4 Å². The Morgan fingerprint density at radius 1 is 1.04 bits per heavy atom. The fraction of sp³-hybridized carbons (Fsp3) is 0.353. The molecule has 0 aliphatic heterocycles. The van der Waals surface area contributed by atoms with Gasteiger partial charge in [0.25, 0.3) is 6.17 Å². The molecule has 1 aromatic heterocycles. The number of benzene rings is 1. The summed E-state index contributed by atoms with van der Waals surface area (Å²) >= 11 is 0. The van der Waals surface area contributed by atoms with Crippen LogP contribution >= 0.6 is 0 Å². The Hall–Kier alpha value is -2.29. The summed E-state index contributed by atoms with van der Waals surface area (Å²) in [6, 6.07) is 8.62. The second kappa shape index (κ2) is 7.94. The van der Waals surface area contributed by atoms with Crippen LogP contribution in [0.25, 0.3) is 0 Å². The number of hydrogen-bond acceptors (Lipinski definition) is 3. The average molecular weight is 378 g/mol. The third-order valence-electron chi connectivity index (χ3n) is 3.50. The zero-order valence-electron chi connectivity index (χ0n) is 13.7. The van der Waals surface area contributed by atoms with Gasteiger partial charge in [-0.05, 0) is 36.2 Å². The second-order valence-electron chi connectivity index (χ2n) is 5.58. The summed E-state index contributed by atoms with van der Waals surface area (Å²) < 4.78 is 79.3. The van der Waals surface area contributed by atoms with Crippen LogP contribution in [0.4, 0.5) is 26.3 Å². The van der Waals surface area contributed by atoms with E-state index in [0.29, 0.717) is 18.7 Å². The number of pyridine rings is 1. The van der Waals surface area contributed by atoms with Crippen LogP contribution in [-0.2, 0) is 13.1 Å². The molecule has 0 aliphatic carbocycles. The standard InChI is InChI=1S/C17H16F6N2O/c1-11-3-2-8-25-14(11)10-24-9-12-4-6-13(7-5-12)26-17(22,23)15(18)16(19,20)21/h2-8,15,24H,9-10H2,1H3. The van der Waals surface area contributed by atoms with Crippen molar-refractivity contribution in [2.24, 2.45) is 0 Å². The van der Waals surface area contributed by atoms with Crippen molar-refractivity contribution in [3.05, 3.63) is 59.4 Å². The summed E-state index contributed by atoms with van der Waals surface area (Å²) in [6.45, 7) is 2.77. The van der Waals surface area contributed by atoms with Crippen LogP contribution in [0.5, 0.6) is 5.75 Å². The summed E-state index contributed by atoms with van der Waals surface area (Å²) in [5.74, 6) is -0.564. The van der Waals surface area contributed by atoms with Crippen LogP contribution in [0.15, 0.2) is 42.6 Å². The lowest BCUT2D eigenvalue weighted by molar-refractivity contribution is -0.304. The van der Waals surface area contributed by atoms with Gasteiger partial charge in [-0.3, -0.25) is 4.98 Å². The van der Waals surface area contributed by atoms with E-state index in [1.165, 1.54) is 12.1 Å². The molecule has 0 bridgehead atoms. The SMILES string of the molecule is Cc1cccnc1CNCc1ccc(OC(F)(F)C(F)C(F)(F)F)cc1. The molecule has 1 aromatic carbocycles. The summed E-state index contributed by atoms with van der Waals surface area (Å²) in [6.07, 6.45) is -13.5. The minimum atomic E-state index is -5.71. The lowest BCUT2D eigenvalue weighted by Crippen LogP contribution is -2.45. The van der Waals surface area contributed by atoms with Crippen molar-refractivity contribution in [3.8, 4) is 5.75 Å². The zero-order chi connectivity index (χ0) is 19.4. The van der Waals surface area contributed by atoms with Gasteiger partial charge in [-0.2, -0.15) is 22.0 Å². The van der Waals surface area contributed by atoms with E-state index < -0.39 is 24.2 Å². The van der Waals surface area contributed by atoms with Gasteiger partial charge in [0, 0.05) is 19.3 Å². The van der Waals surface area contributed by atoms with E-state index >= 15 is 0 Å². The van der Waals surface area contributed by atoms with Crippen molar-refractivity contribution >= 4 is 0 Å². The molecular formula is C17H16F6N2O. The number of ether oxygens (including phenoxy) is 1. The average Bonchev–Trinajstić information content (AvgIpc) is 2.56. The topological polar surface area (TPSA) is 34.2 Å². The number of halogens is 6. The van der Waals surface area contributed by atoms with Crippen molar-refractivity contribution in [3.63, 3.8) is 0 Å². The minimum Gasteiger partial charge on any atom is -0.430 e. The highest BCUT2D eigenvalue weighted by molar-refractivity contribution is 5.27. The molecule has 1 N–H and O–H groups in total. The molecule has 0 aliphatic rings. The monoisotopic (exact) mass is 378 g/mol. The minimum absolute atomic E-state index is 0.376. The molecule has 3 nitrogen and oxygen atoms in total. The molecule has 0 saturated carbocycles. The van der Waals surface area contributed by atoms with Crippen molar-refractivity contribution in [1.82, 2.24) is 10.3 Å². The van der Waals surface area contributed by atoms with Crippen molar-refractivity contribution in [1.29, 1.82) is 0 Å². The van der Waals surface area contributed by atoms with E-state index in [4.69, 9.17) is 0 Å². The summed E-state index contributed by atoms with van der Waals surface area (Å²) in [7, 11) is 0. The normalized spacial score (nSPS) is 13.5. The third-order valence-corrected chi connectivity index (χ3v) is 3.50. The van der Waals surface area contributed by atoms with Gasteiger partial charge in [-0.1, -0.05) is 18.2 Å². The molecule has 0 radical (unpaired) electrons. The van der Waals surface area contributed by atoms with Crippen molar-refractivity contribution < 1.29 is 31.1 Å². The number of nitrogens with zero attached hydrogens (tertiary/aromatic N) is 1. The third kappa shape index (κ3) is 5.35. The lowest BCUT2D eigenvalue weighted by atomic mass is 10.2. The van der Waals surface area contributed by atoms with Crippen LogP contribution < -0.4 is 10.1 Å². The van der Waals surface area contributed by atoms with Crippen molar-refractivity contribution in [2.45, 2.75) is 38.5 Å². The number of aromatic nitrogens is 1. The van der Waals surface area contributed by atoms with E-state index in [1.807, 2.05) is 19.1 Å².